The van der Waals surface area contributed by atoms with Crippen LogP contribution in [0.1, 0.15) is 27.2 Å². The zero-order valence-corrected chi connectivity index (χ0v) is 12.6. The minimum absolute atomic E-state index is 0.113. The van der Waals surface area contributed by atoms with Crippen LogP contribution in [0.2, 0.25) is 0 Å². The van der Waals surface area contributed by atoms with E-state index in [1.54, 1.807) is 20.8 Å². The number of rotatable bonds is 4. The molecule has 6 nitrogen and oxygen atoms in total. The number of alkyl halides is 2. The van der Waals surface area contributed by atoms with E-state index >= 15 is 0 Å². The van der Waals surface area contributed by atoms with Crippen molar-refractivity contribution in [2.45, 2.75) is 45.4 Å². The molecule has 0 spiro atoms. The summed E-state index contributed by atoms with van der Waals surface area (Å²) in [6, 6.07) is -0.837. The molecular formula is C13H21F2NO5. The lowest BCUT2D eigenvalue weighted by atomic mass is 10.1. The molecule has 0 radical (unpaired) electrons. The summed E-state index contributed by atoms with van der Waals surface area (Å²) in [6.07, 6.45) is -0.462. The number of amides is 1. The predicted octanol–water partition coefficient (Wildman–Crippen LogP) is 2.02. The van der Waals surface area contributed by atoms with Crippen LogP contribution in [-0.2, 0) is 19.0 Å². The summed E-state index contributed by atoms with van der Waals surface area (Å²) in [4.78, 5) is 25.0. The molecule has 21 heavy (non-hydrogen) atoms. The van der Waals surface area contributed by atoms with Gasteiger partial charge in [-0.15, -0.1) is 0 Å². The average molecular weight is 309 g/mol. The van der Waals surface area contributed by atoms with E-state index in [4.69, 9.17) is 4.74 Å². The number of carbonyl (C=O) groups excluding carboxylic acids is 2. The van der Waals surface area contributed by atoms with Crippen LogP contribution in [0.15, 0.2) is 0 Å². The lowest BCUT2D eigenvalue weighted by molar-refractivity contribution is -0.145. The Kier molecular flexibility index (Phi) is 5.88. The minimum atomic E-state index is -2.88. The summed E-state index contributed by atoms with van der Waals surface area (Å²) in [5.74, 6) is -0.962. The lowest BCUT2D eigenvalue weighted by Gasteiger charge is -2.27. The molecule has 1 heterocycles. The van der Waals surface area contributed by atoms with Crippen LogP contribution in [0, 0.1) is 5.92 Å². The smallest absolute Gasteiger partial charge is 0.411 e. The van der Waals surface area contributed by atoms with Crippen molar-refractivity contribution in [1.29, 1.82) is 0 Å². The molecule has 0 N–H and O–H groups in total. The van der Waals surface area contributed by atoms with Crippen molar-refractivity contribution in [3.8, 4) is 0 Å². The summed E-state index contributed by atoms with van der Waals surface area (Å²) < 4.78 is 38.2. The molecule has 1 amide bonds. The molecule has 0 aromatic carbocycles. The SMILES string of the molecule is COC(=O)C1CC(COC(F)F)CN1C(=O)OC(C)(C)C. The number of likely N-dealkylation sites (tertiary alicyclic amines) is 1. The molecule has 1 aliphatic rings. The Labute approximate surface area is 122 Å². The Morgan fingerprint density at radius 1 is 1.33 bits per heavy atom. The van der Waals surface area contributed by atoms with Gasteiger partial charge >= 0.3 is 18.7 Å². The molecular weight excluding hydrogens is 288 g/mol. The zero-order chi connectivity index (χ0) is 16.2. The molecule has 0 aliphatic carbocycles. The molecule has 1 aliphatic heterocycles. The van der Waals surface area contributed by atoms with Gasteiger partial charge in [-0.25, -0.2) is 9.59 Å². The standard InChI is InChI=1S/C13H21F2NO5/c1-13(2,3)21-12(18)16-6-8(7-20-11(14)15)5-9(16)10(17)19-4/h8-9,11H,5-7H2,1-4H3. The van der Waals surface area contributed by atoms with Crippen LogP contribution >= 0.6 is 0 Å². The van der Waals surface area contributed by atoms with Crippen molar-refractivity contribution in [2.75, 3.05) is 20.3 Å². The molecule has 0 saturated carbocycles. The Balaban J connectivity index is 2.73. The maximum absolute atomic E-state index is 12.1. The fourth-order valence-electron chi connectivity index (χ4n) is 2.13. The van der Waals surface area contributed by atoms with Crippen molar-refractivity contribution >= 4 is 12.1 Å². The maximum atomic E-state index is 12.1. The molecule has 1 rings (SSSR count). The third kappa shape index (κ3) is 5.45. The van der Waals surface area contributed by atoms with E-state index in [2.05, 4.69) is 9.47 Å². The molecule has 8 heteroatoms. The number of methoxy groups -OCH3 is 1. The number of ether oxygens (including phenoxy) is 3. The summed E-state index contributed by atoms with van der Waals surface area (Å²) in [5, 5.41) is 0. The molecule has 0 bridgehead atoms. The molecule has 2 atom stereocenters. The average Bonchev–Trinajstić information content (AvgIpc) is 2.77. The van der Waals surface area contributed by atoms with E-state index in [0.717, 1.165) is 0 Å². The third-order valence-electron chi connectivity index (χ3n) is 2.95. The van der Waals surface area contributed by atoms with Gasteiger partial charge in [0.15, 0.2) is 0 Å². The second-order valence-electron chi connectivity index (χ2n) is 5.87. The lowest BCUT2D eigenvalue weighted by Crippen LogP contribution is -2.43. The highest BCUT2D eigenvalue weighted by molar-refractivity contribution is 5.82. The van der Waals surface area contributed by atoms with Gasteiger partial charge in [0.1, 0.15) is 11.6 Å². The van der Waals surface area contributed by atoms with E-state index in [1.165, 1.54) is 12.0 Å². The Bertz CT molecular complexity index is 383. The van der Waals surface area contributed by atoms with Crippen LogP contribution in [0.3, 0.4) is 0 Å². The van der Waals surface area contributed by atoms with Gasteiger partial charge in [-0.3, -0.25) is 4.90 Å². The second-order valence-corrected chi connectivity index (χ2v) is 5.87. The Hall–Kier alpha value is -1.44. The van der Waals surface area contributed by atoms with Gasteiger partial charge < -0.3 is 14.2 Å². The monoisotopic (exact) mass is 309 g/mol. The number of hydrogen-bond donors (Lipinski definition) is 0. The summed E-state index contributed by atoms with van der Waals surface area (Å²) in [6.45, 7) is 2.10. The first-order chi connectivity index (χ1) is 9.64. The molecule has 1 fully saturated rings. The van der Waals surface area contributed by atoms with E-state index in [0.29, 0.717) is 0 Å². The van der Waals surface area contributed by atoms with Crippen LogP contribution in [0.4, 0.5) is 13.6 Å². The van der Waals surface area contributed by atoms with Crippen LogP contribution in [0.5, 0.6) is 0 Å². The van der Waals surface area contributed by atoms with Crippen LogP contribution < -0.4 is 0 Å². The highest BCUT2D eigenvalue weighted by Gasteiger charge is 2.42. The first-order valence-electron chi connectivity index (χ1n) is 6.61. The fraction of sp³-hybridized carbons (Fsp3) is 0.846. The summed E-state index contributed by atoms with van der Waals surface area (Å²) >= 11 is 0. The minimum Gasteiger partial charge on any atom is -0.467 e. The largest absolute Gasteiger partial charge is 0.467 e. The fourth-order valence-corrected chi connectivity index (χ4v) is 2.13. The van der Waals surface area contributed by atoms with Gasteiger partial charge in [0, 0.05) is 12.5 Å². The van der Waals surface area contributed by atoms with E-state index in [1.807, 2.05) is 0 Å². The number of nitrogens with zero attached hydrogens (tertiary/aromatic N) is 1. The van der Waals surface area contributed by atoms with Gasteiger partial charge in [-0.1, -0.05) is 0 Å². The number of carbonyl (C=O) groups is 2. The van der Waals surface area contributed by atoms with Crippen molar-refractivity contribution in [3.63, 3.8) is 0 Å². The second kappa shape index (κ2) is 7.02. The highest BCUT2D eigenvalue weighted by Crippen LogP contribution is 2.27. The molecule has 122 valence electrons. The topological polar surface area (TPSA) is 65.1 Å². The van der Waals surface area contributed by atoms with Gasteiger partial charge in [-0.2, -0.15) is 8.78 Å². The normalized spacial score (nSPS) is 22.5. The Morgan fingerprint density at radius 2 is 1.95 bits per heavy atom. The quantitative estimate of drug-likeness (QED) is 0.743. The van der Waals surface area contributed by atoms with E-state index < -0.39 is 30.3 Å². The Morgan fingerprint density at radius 3 is 2.43 bits per heavy atom. The molecule has 2 unspecified atom stereocenters. The van der Waals surface area contributed by atoms with Gasteiger partial charge in [0.25, 0.3) is 0 Å². The summed E-state index contributed by atoms with van der Waals surface area (Å²) in [7, 11) is 1.21. The third-order valence-corrected chi connectivity index (χ3v) is 2.95. The van der Waals surface area contributed by atoms with Gasteiger partial charge in [-0.05, 0) is 27.2 Å². The van der Waals surface area contributed by atoms with Crippen molar-refractivity contribution < 1.29 is 32.6 Å². The summed E-state index contributed by atoms with van der Waals surface area (Å²) in [5.41, 5.74) is -0.713. The number of hydrogen-bond acceptors (Lipinski definition) is 5. The first kappa shape index (κ1) is 17.6. The van der Waals surface area contributed by atoms with Crippen LogP contribution in [-0.4, -0.2) is 55.5 Å². The molecule has 0 aromatic rings. The maximum Gasteiger partial charge on any atom is 0.411 e. The molecule has 1 saturated heterocycles. The highest BCUT2D eigenvalue weighted by atomic mass is 19.3. The zero-order valence-electron chi connectivity index (χ0n) is 12.6. The van der Waals surface area contributed by atoms with Gasteiger partial charge in [0.2, 0.25) is 0 Å². The number of esters is 1. The number of halogens is 2. The van der Waals surface area contributed by atoms with Crippen molar-refractivity contribution in [2.24, 2.45) is 5.92 Å². The predicted molar refractivity (Wildman–Crippen MR) is 68.8 cm³/mol. The van der Waals surface area contributed by atoms with Crippen molar-refractivity contribution in [1.82, 2.24) is 4.90 Å². The molecule has 0 aromatic heterocycles. The van der Waals surface area contributed by atoms with Crippen molar-refractivity contribution in [3.05, 3.63) is 0 Å². The first-order valence-corrected chi connectivity index (χ1v) is 6.61. The van der Waals surface area contributed by atoms with Crippen LogP contribution in [0.25, 0.3) is 0 Å². The van der Waals surface area contributed by atoms with E-state index in [9.17, 15) is 18.4 Å². The van der Waals surface area contributed by atoms with E-state index in [-0.39, 0.29) is 25.5 Å². The van der Waals surface area contributed by atoms with Gasteiger partial charge in [0.05, 0.1) is 13.7 Å².